The van der Waals surface area contributed by atoms with E-state index in [4.69, 9.17) is 14.5 Å². The molecule has 1 amide bonds. The molecule has 134 valence electrons. The summed E-state index contributed by atoms with van der Waals surface area (Å²) in [6.45, 7) is 6.09. The molecule has 2 heterocycles. The van der Waals surface area contributed by atoms with Crippen molar-refractivity contribution in [1.29, 1.82) is 0 Å². The Balaban J connectivity index is 1.83. The van der Waals surface area contributed by atoms with Crippen LogP contribution in [0.15, 0.2) is 36.5 Å². The molecule has 2 aromatic rings. The first-order valence-corrected chi connectivity index (χ1v) is 8.50. The first-order chi connectivity index (χ1) is 11.9. The summed E-state index contributed by atoms with van der Waals surface area (Å²) in [4.78, 5) is 22.2. The highest BCUT2D eigenvalue weighted by molar-refractivity contribution is 5.69. The van der Waals surface area contributed by atoms with Crippen LogP contribution in [0.3, 0.4) is 0 Å². The van der Waals surface area contributed by atoms with Gasteiger partial charge in [0.1, 0.15) is 11.4 Å². The maximum Gasteiger partial charge on any atom is 0.411 e. The van der Waals surface area contributed by atoms with E-state index in [1.165, 1.54) is 0 Å². The zero-order valence-corrected chi connectivity index (χ0v) is 15.2. The highest BCUT2D eigenvalue weighted by atomic mass is 16.6. The number of hydrogen-bond acceptors (Lipinski definition) is 4. The van der Waals surface area contributed by atoms with Gasteiger partial charge in [0.15, 0.2) is 0 Å². The van der Waals surface area contributed by atoms with E-state index < -0.39 is 5.60 Å². The van der Waals surface area contributed by atoms with Gasteiger partial charge in [0.05, 0.1) is 24.4 Å². The molecule has 1 aromatic carbocycles. The van der Waals surface area contributed by atoms with E-state index in [0.717, 1.165) is 17.1 Å². The molecule has 1 fully saturated rings. The average Bonchev–Trinajstić information content (AvgIpc) is 3.21. The minimum absolute atomic E-state index is 0.0252. The smallest absolute Gasteiger partial charge is 0.411 e. The standard InChI is InChI=1S/C19H25N3O3/c1-19(2,3)25-18(23)22-12-14(24-4)10-16(22)17-20-11-15(21-17)13-8-6-5-7-9-13/h5-9,11,14,16H,10,12H2,1-4H3,(H,20,21)/t14-,16+/m1/s1. The van der Waals surface area contributed by atoms with Crippen LogP contribution in [-0.2, 0) is 9.47 Å². The van der Waals surface area contributed by atoms with E-state index in [9.17, 15) is 4.79 Å². The Hall–Kier alpha value is -2.34. The van der Waals surface area contributed by atoms with Crippen molar-refractivity contribution >= 4 is 6.09 Å². The zero-order chi connectivity index (χ0) is 18.0. The highest BCUT2D eigenvalue weighted by Crippen LogP contribution is 2.34. The molecule has 0 aliphatic carbocycles. The molecule has 2 atom stereocenters. The summed E-state index contributed by atoms with van der Waals surface area (Å²) in [6, 6.07) is 9.77. The van der Waals surface area contributed by atoms with Gasteiger partial charge in [-0.2, -0.15) is 0 Å². The minimum atomic E-state index is -0.537. The molecule has 0 bridgehead atoms. The third-order valence-electron chi connectivity index (χ3n) is 4.21. The Morgan fingerprint density at radius 1 is 1.28 bits per heavy atom. The molecule has 1 aliphatic heterocycles. The molecule has 1 aliphatic rings. The molecule has 6 nitrogen and oxygen atoms in total. The fourth-order valence-corrected chi connectivity index (χ4v) is 3.01. The average molecular weight is 343 g/mol. The minimum Gasteiger partial charge on any atom is -0.444 e. The Morgan fingerprint density at radius 3 is 2.64 bits per heavy atom. The topological polar surface area (TPSA) is 67.5 Å². The third kappa shape index (κ3) is 4.02. The van der Waals surface area contributed by atoms with Crippen LogP contribution in [0.5, 0.6) is 0 Å². The number of likely N-dealkylation sites (tertiary alicyclic amines) is 1. The Morgan fingerprint density at radius 2 is 2.00 bits per heavy atom. The van der Waals surface area contributed by atoms with Crippen LogP contribution in [0.25, 0.3) is 11.3 Å². The van der Waals surface area contributed by atoms with Gasteiger partial charge in [0, 0.05) is 25.3 Å². The number of benzene rings is 1. The molecular formula is C19H25N3O3. The molecule has 0 unspecified atom stereocenters. The quantitative estimate of drug-likeness (QED) is 0.921. The van der Waals surface area contributed by atoms with Crippen molar-refractivity contribution in [1.82, 2.24) is 14.9 Å². The van der Waals surface area contributed by atoms with Crippen molar-refractivity contribution in [3.05, 3.63) is 42.4 Å². The molecule has 0 saturated carbocycles. The number of carbonyl (C=O) groups is 1. The van der Waals surface area contributed by atoms with Gasteiger partial charge >= 0.3 is 6.09 Å². The van der Waals surface area contributed by atoms with Crippen molar-refractivity contribution in [2.45, 2.75) is 44.9 Å². The molecule has 6 heteroatoms. The fourth-order valence-electron chi connectivity index (χ4n) is 3.01. The van der Waals surface area contributed by atoms with E-state index >= 15 is 0 Å². The van der Waals surface area contributed by atoms with Crippen LogP contribution < -0.4 is 0 Å². The summed E-state index contributed by atoms with van der Waals surface area (Å²) < 4.78 is 11.0. The summed E-state index contributed by atoms with van der Waals surface area (Å²) in [5, 5.41) is 0. The molecule has 25 heavy (non-hydrogen) atoms. The van der Waals surface area contributed by atoms with Gasteiger partial charge < -0.3 is 14.5 Å². The molecule has 1 saturated heterocycles. The lowest BCUT2D eigenvalue weighted by Gasteiger charge is -2.27. The number of nitrogens with one attached hydrogen (secondary N) is 1. The summed E-state index contributed by atoms with van der Waals surface area (Å²) in [6.07, 6.45) is 2.20. The molecule has 0 spiro atoms. The Bertz CT molecular complexity index is 721. The number of carbonyl (C=O) groups excluding carboxylic acids is 1. The summed E-state index contributed by atoms with van der Waals surface area (Å²) in [5.41, 5.74) is 1.36. The molecule has 1 aromatic heterocycles. The zero-order valence-electron chi connectivity index (χ0n) is 15.2. The third-order valence-corrected chi connectivity index (χ3v) is 4.21. The first-order valence-electron chi connectivity index (χ1n) is 8.50. The van der Waals surface area contributed by atoms with E-state index in [1.54, 1.807) is 12.0 Å². The van der Waals surface area contributed by atoms with Crippen molar-refractivity contribution in [2.24, 2.45) is 0 Å². The van der Waals surface area contributed by atoms with Crippen LogP contribution in [0.4, 0.5) is 4.79 Å². The van der Waals surface area contributed by atoms with Gasteiger partial charge in [-0.3, -0.25) is 4.90 Å². The van der Waals surface area contributed by atoms with Crippen LogP contribution in [0.1, 0.15) is 39.1 Å². The van der Waals surface area contributed by atoms with Gasteiger partial charge in [-0.05, 0) is 20.8 Å². The number of amides is 1. The first kappa shape index (κ1) is 17.5. The number of nitrogens with zero attached hydrogens (tertiary/aromatic N) is 2. The normalized spacial score (nSPS) is 20.7. The molecular weight excluding hydrogens is 318 g/mol. The van der Waals surface area contributed by atoms with Crippen LogP contribution in [-0.4, -0.2) is 46.3 Å². The molecule has 3 rings (SSSR count). The second kappa shape index (κ2) is 6.88. The lowest BCUT2D eigenvalue weighted by Crippen LogP contribution is -2.37. The summed E-state index contributed by atoms with van der Waals surface area (Å²) in [5.74, 6) is 0.754. The van der Waals surface area contributed by atoms with Crippen molar-refractivity contribution in [2.75, 3.05) is 13.7 Å². The second-order valence-corrected chi connectivity index (χ2v) is 7.28. The van der Waals surface area contributed by atoms with E-state index in [2.05, 4.69) is 4.98 Å². The number of methoxy groups -OCH3 is 1. The lowest BCUT2D eigenvalue weighted by molar-refractivity contribution is 0.0190. The SMILES string of the molecule is CO[C@@H]1C[C@@H](c2nc(-c3ccccc3)c[nH]2)N(C(=O)OC(C)(C)C)C1. The maximum atomic E-state index is 12.6. The van der Waals surface area contributed by atoms with E-state index in [1.807, 2.05) is 57.3 Å². The Labute approximate surface area is 148 Å². The second-order valence-electron chi connectivity index (χ2n) is 7.28. The van der Waals surface area contributed by atoms with Gasteiger partial charge in [-0.25, -0.2) is 9.78 Å². The van der Waals surface area contributed by atoms with Gasteiger partial charge in [0.2, 0.25) is 0 Å². The van der Waals surface area contributed by atoms with Gasteiger partial charge in [-0.15, -0.1) is 0 Å². The number of aromatic amines is 1. The number of rotatable bonds is 3. The largest absolute Gasteiger partial charge is 0.444 e. The fraction of sp³-hybridized carbons (Fsp3) is 0.474. The van der Waals surface area contributed by atoms with Crippen LogP contribution in [0, 0.1) is 0 Å². The predicted octanol–water partition coefficient (Wildman–Crippen LogP) is 3.77. The van der Waals surface area contributed by atoms with Crippen LogP contribution >= 0.6 is 0 Å². The molecule has 0 radical (unpaired) electrons. The Kier molecular flexibility index (Phi) is 4.81. The highest BCUT2D eigenvalue weighted by Gasteiger charge is 2.40. The van der Waals surface area contributed by atoms with Gasteiger partial charge in [0.25, 0.3) is 0 Å². The van der Waals surface area contributed by atoms with Crippen LogP contribution in [0.2, 0.25) is 0 Å². The summed E-state index contributed by atoms with van der Waals surface area (Å²) in [7, 11) is 1.66. The number of aromatic nitrogens is 2. The number of imidazole rings is 1. The summed E-state index contributed by atoms with van der Waals surface area (Å²) >= 11 is 0. The van der Waals surface area contributed by atoms with E-state index in [-0.39, 0.29) is 18.2 Å². The van der Waals surface area contributed by atoms with E-state index in [0.29, 0.717) is 13.0 Å². The van der Waals surface area contributed by atoms with Crippen molar-refractivity contribution < 1.29 is 14.3 Å². The number of ether oxygens (including phenoxy) is 2. The molecule has 1 N–H and O–H groups in total. The lowest BCUT2D eigenvalue weighted by atomic mass is 10.1. The van der Waals surface area contributed by atoms with Gasteiger partial charge in [-0.1, -0.05) is 30.3 Å². The van der Waals surface area contributed by atoms with Crippen molar-refractivity contribution in [3.8, 4) is 11.3 Å². The number of H-pyrrole nitrogens is 1. The predicted molar refractivity (Wildman–Crippen MR) is 95.1 cm³/mol. The maximum absolute atomic E-state index is 12.6. The monoisotopic (exact) mass is 343 g/mol. The number of hydrogen-bond donors (Lipinski definition) is 1. The van der Waals surface area contributed by atoms with Crippen molar-refractivity contribution in [3.63, 3.8) is 0 Å².